The Balaban J connectivity index is 2.32. The van der Waals surface area contributed by atoms with Crippen LogP contribution in [-0.4, -0.2) is 22.6 Å². The molecule has 2 aromatic rings. The van der Waals surface area contributed by atoms with Crippen LogP contribution < -0.4 is 5.32 Å². The van der Waals surface area contributed by atoms with Crippen LogP contribution >= 0.6 is 0 Å². The van der Waals surface area contributed by atoms with Crippen molar-refractivity contribution in [3.8, 4) is 0 Å². The summed E-state index contributed by atoms with van der Waals surface area (Å²) in [6.07, 6.45) is 3.11. The summed E-state index contributed by atoms with van der Waals surface area (Å²) in [4.78, 5) is 14.3. The van der Waals surface area contributed by atoms with Crippen molar-refractivity contribution < 1.29 is 14.3 Å². The summed E-state index contributed by atoms with van der Waals surface area (Å²) in [7, 11) is 0. The Morgan fingerprint density at radius 2 is 2.43 bits per heavy atom. The Bertz CT molecular complexity index is 464. The molecule has 0 atom stereocenters. The number of pyridine rings is 1. The molecule has 0 aliphatic carbocycles. The number of carboxylic acids is 1. The highest BCUT2D eigenvalue weighted by Crippen LogP contribution is 2.21. The van der Waals surface area contributed by atoms with E-state index in [0.717, 1.165) is 5.39 Å². The van der Waals surface area contributed by atoms with Gasteiger partial charge in [-0.05, 0) is 12.1 Å². The number of aromatic nitrogens is 1. The van der Waals surface area contributed by atoms with Crippen LogP contribution in [0.1, 0.15) is 0 Å². The maximum absolute atomic E-state index is 10.3. The molecule has 2 heterocycles. The normalized spacial score (nSPS) is 10.3. The van der Waals surface area contributed by atoms with Gasteiger partial charge < -0.3 is 14.8 Å². The summed E-state index contributed by atoms with van der Waals surface area (Å²) in [5.41, 5.74) is 0.688. The van der Waals surface area contributed by atoms with Crippen molar-refractivity contribution in [2.75, 3.05) is 11.9 Å². The Hall–Kier alpha value is -2.04. The first kappa shape index (κ1) is 8.55. The van der Waals surface area contributed by atoms with Crippen molar-refractivity contribution in [2.24, 2.45) is 0 Å². The van der Waals surface area contributed by atoms with Crippen LogP contribution in [0.2, 0.25) is 0 Å². The molecular formula is C9H8N2O3. The number of nitrogens with zero attached hydrogens (tertiary/aromatic N) is 1. The Labute approximate surface area is 79.4 Å². The fraction of sp³-hybridized carbons (Fsp3) is 0.111. The third-order valence-electron chi connectivity index (χ3n) is 1.79. The number of hydrogen-bond acceptors (Lipinski definition) is 4. The lowest BCUT2D eigenvalue weighted by Crippen LogP contribution is -2.13. The van der Waals surface area contributed by atoms with Gasteiger partial charge in [0.25, 0.3) is 0 Å². The van der Waals surface area contributed by atoms with Crippen molar-refractivity contribution in [2.45, 2.75) is 0 Å². The molecule has 0 saturated heterocycles. The van der Waals surface area contributed by atoms with E-state index >= 15 is 0 Å². The second-order valence-electron chi connectivity index (χ2n) is 2.74. The van der Waals surface area contributed by atoms with Gasteiger partial charge in [0.1, 0.15) is 17.9 Å². The molecular weight excluding hydrogens is 184 g/mol. The monoisotopic (exact) mass is 192 g/mol. The van der Waals surface area contributed by atoms with E-state index in [0.29, 0.717) is 11.4 Å². The summed E-state index contributed by atoms with van der Waals surface area (Å²) < 4.78 is 5.14. The first-order valence-electron chi connectivity index (χ1n) is 4.05. The number of rotatable bonds is 3. The molecule has 5 nitrogen and oxygen atoms in total. The Morgan fingerprint density at radius 1 is 1.57 bits per heavy atom. The van der Waals surface area contributed by atoms with Gasteiger partial charge in [-0.3, -0.25) is 4.79 Å². The van der Waals surface area contributed by atoms with Crippen molar-refractivity contribution in [3.05, 3.63) is 24.6 Å². The van der Waals surface area contributed by atoms with E-state index in [4.69, 9.17) is 9.52 Å². The molecule has 0 fully saturated rings. The first-order chi connectivity index (χ1) is 6.77. The van der Waals surface area contributed by atoms with Crippen LogP contribution in [0.15, 0.2) is 29.0 Å². The number of hydrogen-bond donors (Lipinski definition) is 2. The van der Waals surface area contributed by atoms with E-state index in [-0.39, 0.29) is 6.54 Å². The van der Waals surface area contributed by atoms with Gasteiger partial charge in [0.2, 0.25) is 0 Å². The molecule has 72 valence electrons. The minimum atomic E-state index is -0.924. The van der Waals surface area contributed by atoms with Crippen LogP contribution in [0.3, 0.4) is 0 Å². The summed E-state index contributed by atoms with van der Waals surface area (Å²) in [5.74, 6) is -0.397. The zero-order valence-corrected chi connectivity index (χ0v) is 7.23. The van der Waals surface area contributed by atoms with E-state index in [2.05, 4.69) is 10.3 Å². The lowest BCUT2D eigenvalue weighted by atomic mass is 10.3. The molecule has 0 amide bonds. The molecule has 0 bridgehead atoms. The summed E-state index contributed by atoms with van der Waals surface area (Å²) >= 11 is 0. The fourth-order valence-electron chi connectivity index (χ4n) is 1.19. The average molecular weight is 192 g/mol. The lowest BCUT2D eigenvalue weighted by molar-refractivity contribution is -0.134. The number of aliphatic carboxylic acids is 1. The van der Waals surface area contributed by atoms with Crippen LogP contribution in [0.4, 0.5) is 5.82 Å². The zero-order valence-electron chi connectivity index (χ0n) is 7.23. The molecule has 0 aromatic carbocycles. The molecule has 5 heteroatoms. The van der Waals surface area contributed by atoms with E-state index in [9.17, 15) is 4.79 Å². The van der Waals surface area contributed by atoms with Crippen LogP contribution in [0, 0.1) is 0 Å². The maximum atomic E-state index is 10.3. The topological polar surface area (TPSA) is 75.4 Å². The van der Waals surface area contributed by atoms with Gasteiger partial charge in [0, 0.05) is 6.20 Å². The molecule has 0 radical (unpaired) electrons. The van der Waals surface area contributed by atoms with Crippen molar-refractivity contribution in [1.29, 1.82) is 0 Å². The van der Waals surface area contributed by atoms with Gasteiger partial charge in [-0.2, -0.15) is 0 Å². The van der Waals surface area contributed by atoms with Gasteiger partial charge in [0.05, 0.1) is 11.6 Å². The summed E-state index contributed by atoms with van der Waals surface area (Å²) in [6.45, 7) is -0.155. The van der Waals surface area contributed by atoms with Crippen LogP contribution in [-0.2, 0) is 4.79 Å². The van der Waals surface area contributed by atoms with E-state index in [1.807, 2.05) is 0 Å². The van der Waals surface area contributed by atoms with Crippen LogP contribution in [0.5, 0.6) is 0 Å². The van der Waals surface area contributed by atoms with E-state index < -0.39 is 5.97 Å². The van der Waals surface area contributed by atoms with Crippen molar-refractivity contribution >= 4 is 22.8 Å². The molecule has 2 N–H and O–H groups in total. The molecule has 0 saturated carbocycles. The molecule has 2 aromatic heterocycles. The van der Waals surface area contributed by atoms with Crippen LogP contribution in [0.25, 0.3) is 11.0 Å². The minimum Gasteiger partial charge on any atom is -0.480 e. The number of carboxylic acid groups (broad SMARTS) is 1. The zero-order chi connectivity index (χ0) is 9.97. The van der Waals surface area contributed by atoms with E-state index in [1.165, 1.54) is 6.26 Å². The van der Waals surface area contributed by atoms with Gasteiger partial charge in [-0.25, -0.2) is 4.98 Å². The smallest absolute Gasteiger partial charge is 0.322 e. The standard InChI is InChI=1S/C9H8N2O3/c12-8(13)5-11-9-6-2-4-14-7(6)1-3-10-9/h1-4H,5H2,(H,10,11)(H,12,13). The first-order valence-corrected chi connectivity index (χ1v) is 4.05. The molecule has 0 aliphatic heterocycles. The summed E-state index contributed by atoms with van der Waals surface area (Å²) in [6, 6.07) is 3.47. The van der Waals surface area contributed by atoms with Gasteiger partial charge in [-0.1, -0.05) is 0 Å². The summed E-state index contributed by atoms with van der Waals surface area (Å²) in [5, 5.41) is 12.0. The number of fused-ring (bicyclic) bond motifs is 1. The van der Waals surface area contributed by atoms with Crippen molar-refractivity contribution in [3.63, 3.8) is 0 Å². The van der Waals surface area contributed by atoms with E-state index in [1.54, 1.807) is 18.3 Å². The SMILES string of the molecule is O=C(O)CNc1nccc2occc12. The third kappa shape index (κ3) is 1.52. The predicted molar refractivity (Wildman–Crippen MR) is 50.1 cm³/mol. The maximum Gasteiger partial charge on any atom is 0.322 e. The molecule has 0 unspecified atom stereocenters. The number of nitrogens with one attached hydrogen (secondary N) is 1. The van der Waals surface area contributed by atoms with Gasteiger partial charge >= 0.3 is 5.97 Å². The molecule has 0 spiro atoms. The minimum absolute atomic E-state index is 0.155. The second kappa shape index (κ2) is 3.37. The highest BCUT2D eigenvalue weighted by molar-refractivity contribution is 5.89. The Kier molecular flexibility index (Phi) is 2.06. The number of furan rings is 1. The molecule has 0 aliphatic rings. The second-order valence-corrected chi connectivity index (χ2v) is 2.74. The molecule has 14 heavy (non-hydrogen) atoms. The Morgan fingerprint density at radius 3 is 3.21 bits per heavy atom. The van der Waals surface area contributed by atoms with Gasteiger partial charge in [-0.15, -0.1) is 0 Å². The lowest BCUT2D eigenvalue weighted by Gasteiger charge is -2.01. The largest absolute Gasteiger partial charge is 0.480 e. The van der Waals surface area contributed by atoms with Gasteiger partial charge in [0.15, 0.2) is 0 Å². The highest BCUT2D eigenvalue weighted by atomic mass is 16.4. The number of carbonyl (C=O) groups is 1. The quantitative estimate of drug-likeness (QED) is 0.767. The average Bonchev–Trinajstić information content (AvgIpc) is 2.62. The fourth-order valence-corrected chi connectivity index (χ4v) is 1.19. The van der Waals surface area contributed by atoms with Crippen molar-refractivity contribution in [1.82, 2.24) is 4.98 Å². The third-order valence-corrected chi connectivity index (χ3v) is 1.79. The predicted octanol–water partition coefficient (Wildman–Crippen LogP) is 1.32. The highest BCUT2D eigenvalue weighted by Gasteiger charge is 2.05. The number of anilines is 1. The molecule has 2 rings (SSSR count).